The maximum Gasteiger partial charge on any atom is 0.195 e. The average molecular weight is 298 g/mol. The number of benzene rings is 3. The fourth-order valence-corrected chi connectivity index (χ4v) is 3.35. The average Bonchev–Trinajstić information content (AvgIpc) is 3.12. The van der Waals surface area contributed by atoms with Gasteiger partial charge in [0.2, 0.25) is 0 Å². The van der Waals surface area contributed by atoms with Crippen LogP contribution in [0.4, 0.5) is 5.69 Å². The molecule has 0 atom stereocenters. The van der Waals surface area contributed by atoms with Gasteiger partial charge in [0.1, 0.15) is 0 Å². The number of hydrogen-bond acceptors (Lipinski definition) is 3. The van der Waals surface area contributed by atoms with Gasteiger partial charge in [-0.05, 0) is 28.8 Å². The molecule has 0 aromatic heterocycles. The molecule has 3 nitrogen and oxygen atoms in total. The van der Waals surface area contributed by atoms with Gasteiger partial charge in [-0.25, -0.2) is 0 Å². The minimum atomic E-state index is 0.474. The summed E-state index contributed by atoms with van der Waals surface area (Å²) in [4.78, 5) is 7.50. The van der Waals surface area contributed by atoms with Gasteiger partial charge in [0, 0.05) is 11.1 Å². The molecule has 2 aliphatic rings. The third-order valence-electron chi connectivity index (χ3n) is 4.45. The zero-order chi connectivity index (χ0) is 15.2. The molecule has 0 N–H and O–H groups in total. The topological polar surface area (TPSA) is 24.8 Å². The molecule has 0 radical (unpaired) electrons. The number of rotatable bonds is 1. The van der Waals surface area contributed by atoms with Crippen molar-refractivity contribution in [1.29, 1.82) is 0 Å². The minimum Gasteiger partial charge on any atom is -0.371 e. The molecule has 23 heavy (non-hydrogen) atoms. The Morgan fingerprint density at radius 2 is 1.57 bits per heavy atom. The fraction of sp³-hybridized carbons (Fsp3) is 0.0500. The first-order valence-electron chi connectivity index (χ1n) is 7.68. The van der Waals surface area contributed by atoms with Crippen LogP contribution in [-0.4, -0.2) is 12.6 Å². The first-order chi connectivity index (χ1) is 11.4. The molecule has 0 unspecified atom stereocenters. The van der Waals surface area contributed by atoms with E-state index < -0.39 is 0 Å². The van der Waals surface area contributed by atoms with Crippen molar-refractivity contribution in [2.75, 3.05) is 11.6 Å². The highest BCUT2D eigenvalue weighted by Crippen LogP contribution is 2.41. The van der Waals surface area contributed by atoms with Gasteiger partial charge in [-0.3, -0.25) is 4.90 Å². The maximum absolute atomic E-state index is 5.36. The minimum absolute atomic E-state index is 0.474. The van der Waals surface area contributed by atoms with Gasteiger partial charge >= 0.3 is 0 Å². The molecule has 0 spiro atoms. The highest BCUT2D eigenvalue weighted by atomic mass is 16.7. The highest BCUT2D eigenvalue weighted by molar-refractivity contribution is 6.19. The van der Waals surface area contributed by atoms with Gasteiger partial charge in [0.15, 0.2) is 12.6 Å². The van der Waals surface area contributed by atoms with E-state index in [1.54, 1.807) is 0 Å². The molecule has 3 aromatic carbocycles. The Labute approximate surface area is 134 Å². The Morgan fingerprint density at radius 3 is 2.48 bits per heavy atom. The second kappa shape index (κ2) is 4.71. The van der Waals surface area contributed by atoms with E-state index in [0.29, 0.717) is 6.73 Å². The first kappa shape index (κ1) is 12.5. The number of fused-ring (bicyclic) bond motifs is 6. The van der Waals surface area contributed by atoms with Gasteiger partial charge in [-0.2, -0.15) is 0 Å². The summed E-state index contributed by atoms with van der Waals surface area (Å²) in [6.07, 6.45) is 0. The van der Waals surface area contributed by atoms with Gasteiger partial charge in [-0.15, -0.1) is 0 Å². The van der Waals surface area contributed by atoms with Gasteiger partial charge in [0.25, 0.3) is 0 Å². The number of amidine groups is 1. The molecule has 110 valence electrons. The third kappa shape index (κ3) is 1.80. The Hall–Kier alpha value is -3.07. The Balaban J connectivity index is 1.76. The highest BCUT2D eigenvalue weighted by Gasteiger charge is 2.31. The van der Waals surface area contributed by atoms with Crippen molar-refractivity contribution >= 4 is 11.5 Å². The van der Waals surface area contributed by atoms with Gasteiger partial charge < -0.3 is 4.84 Å². The molecule has 0 saturated heterocycles. The van der Waals surface area contributed by atoms with Gasteiger partial charge in [-0.1, -0.05) is 65.8 Å². The van der Waals surface area contributed by atoms with Crippen LogP contribution in [0, 0.1) is 0 Å². The van der Waals surface area contributed by atoms with Crippen molar-refractivity contribution in [2.45, 2.75) is 0 Å². The van der Waals surface area contributed by atoms with Gasteiger partial charge in [0.05, 0.1) is 5.69 Å². The predicted octanol–water partition coefficient (Wildman–Crippen LogP) is 4.49. The van der Waals surface area contributed by atoms with E-state index in [1.807, 2.05) is 6.07 Å². The third-order valence-corrected chi connectivity index (χ3v) is 4.45. The number of hydrogen-bond donors (Lipinski definition) is 0. The van der Waals surface area contributed by atoms with Crippen LogP contribution < -0.4 is 4.90 Å². The second-order valence-electron chi connectivity index (χ2n) is 5.74. The summed E-state index contributed by atoms with van der Waals surface area (Å²) in [5.41, 5.74) is 7.12. The summed E-state index contributed by atoms with van der Waals surface area (Å²) in [5, 5.41) is 4.28. The number of oxime groups is 1. The number of para-hydroxylation sites is 1. The van der Waals surface area contributed by atoms with Crippen LogP contribution in [0.1, 0.15) is 5.56 Å². The summed E-state index contributed by atoms with van der Waals surface area (Å²) >= 11 is 0. The molecule has 0 bridgehead atoms. The van der Waals surface area contributed by atoms with Crippen LogP contribution in [-0.2, 0) is 4.84 Å². The summed E-state index contributed by atoms with van der Waals surface area (Å²) < 4.78 is 0. The van der Waals surface area contributed by atoms with E-state index in [2.05, 4.69) is 76.8 Å². The molecule has 2 heterocycles. The lowest BCUT2D eigenvalue weighted by atomic mass is 9.90. The summed E-state index contributed by atoms with van der Waals surface area (Å²) in [5.74, 6) is 0.900. The Bertz CT molecular complexity index is 931. The van der Waals surface area contributed by atoms with Crippen molar-refractivity contribution in [3.05, 3.63) is 78.4 Å². The van der Waals surface area contributed by atoms with Crippen molar-refractivity contribution in [3.63, 3.8) is 0 Å². The SMILES string of the molecule is c1ccc(-c2ccc3c(c2)C2=NOCN2c2ccccc2-3)cc1. The van der Waals surface area contributed by atoms with E-state index in [1.165, 1.54) is 22.3 Å². The predicted molar refractivity (Wildman–Crippen MR) is 92.3 cm³/mol. The maximum atomic E-state index is 5.36. The molecule has 3 heteroatoms. The summed E-state index contributed by atoms with van der Waals surface area (Å²) in [7, 11) is 0. The van der Waals surface area contributed by atoms with Crippen LogP contribution >= 0.6 is 0 Å². The van der Waals surface area contributed by atoms with Crippen LogP contribution in [0.25, 0.3) is 22.3 Å². The smallest absolute Gasteiger partial charge is 0.195 e. The van der Waals surface area contributed by atoms with Crippen LogP contribution in [0.15, 0.2) is 78.0 Å². The van der Waals surface area contributed by atoms with E-state index in [4.69, 9.17) is 4.84 Å². The van der Waals surface area contributed by atoms with Crippen molar-refractivity contribution in [3.8, 4) is 22.3 Å². The van der Waals surface area contributed by atoms with Crippen LogP contribution in [0.2, 0.25) is 0 Å². The zero-order valence-corrected chi connectivity index (χ0v) is 12.4. The lowest BCUT2D eigenvalue weighted by molar-refractivity contribution is 0.174. The van der Waals surface area contributed by atoms with Crippen molar-refractivity contribution in [2.24, 2.45) is 5.16 Å². The molecule has 5 rings (SSSR count). The van der Waals surface area contributed by atoms with Crippen molar-refractivity contribution < 1.29 is 4.84 Å². The molecular weight excluding hydrogens is 284 g/mol. The Kier molecular flexibility index (Phi) is 2.56. The monoisotopic (exact) mass is 298 g/mol. The second-order valence-corrected chi connectivity index (χ2v) is 5.74. The first-order valence-corrected chi connectivity index (χ1v) is 7.68. The lowest BCUT2D eigenvalue weighted by Gasteiger charge is -2.28. The fourth-order valence-electron chi connectivity index (χ4n) is 3.35. The normalized spacial score (nSPS) is 14.4. The number of anilines is 1. The van der Waals surface area contributed by atoms with Crippen LogP contribution in [0.5, 0.6) is 0 Å². The molecule has 3 aromatic rings. The molecule has 0 fully saturated rings. The molecular formula is C20H14N2O. The molecule has 0 saturated carbocycles. The lowest BCUT2D eigenvalue weighted by Crippen LogP contribution is -2.31. The van der Waals surface area contributed by atoms with Crippen LogP contribution in [0.3, 0.4) is 0 Å². The summed E-state index contributed by atoms with van der Waals surface area (Å²) in [6, 6.07) is 25.4. The van der Waals surface area contributed by atoms with E-state index in [0.717, 1.165) is 17.1 Å². The molecule has 0 amide bonds. The largest absolute Gasteiger partial charge is 0.371 e. The molecule has 0 aliphatic carbocycles. The van der Waals surface area contributed by atoms with Crippen molar-refractivity contribution in [1.82, 2.24) is 0 Å². The molecule has 2 aliphatic heterocycles. The van der Waals surface area contributed by atoms with E-state index in [-0.39, 0.29) is 0 Å². The van der Waals surface area contributed by atoms with E-state index in [9.17, 15) is 0 Å². The van der Waals surface area contributed by atoms with E-state index >= 15 is 0 Å². The quantitative estimate of drug-likeness (QED) is 0.661. The Morgan fingerprint density at radius 1 is 0.739 bits per heavy atom. The summed E-state index contributed by atoms with van der Waals surface area (Å²) in [6.45, 7) is 0.474. The standard InChI is InChI=1S/C20H14N2O/c1-2-6-14(7-3-1)15-10-11-16-17-8-4-5-9-19(17)22-13-23-21-20(22)18(16)12-15/h1-12H,13H2. The number of nitrogens with zero attached hydrogens (tertiary/aromatic N) is 2. The zero-order valence-electron chi connectivity index (χ0n) is 12.4.